The van der Waals surface area contributed by atoms with Crippen LogP contribution >= 0.6 is 0 Å². The molecule has 0 aliphatic rings. The maximum Gasteiger partial charge on any atom is 0.288 e. The van der Waals surface area contributed by atoms with Crippen LogP contribution in [-0.2, 0) is 0 Å². The number of nitro groups is 1. The number of rotatable bonds is 5. The number of aryl methyl sites for hydroxylation is 1. The molecule has 1 aromatic rings. The molecule has 0 saturated heterocycles. The zero-order valence-electron chi connectivity index (χ0n) is 10.8. The van der Waals surface area contributed by atoms with Crippen LogP contribution in [0.2, 0.25) is 0 Å². The number of amides is 1. The van der Waals surface area contributed by atoms with Crippen molar-refractivity contribution in [3.05, 3.63) is 33.6 Å². The highest BCUT2D eigenvalue weighted by Gasteiger charge is 2.19. The topological polar surface area (TPSA) is 76.3 Å². The molecule has 1 heterocycles. The number of pyridine rings is 1. The Kier molecular flexibility index (Phi) is 4.76. The van der Waals surface area contributed by atoms with Crippen molar-refractivity contribution < 1.29 is 9.72 Å². The Labute approximate surface area is 106 Å². The van der Waals surface area contributed by atoms with Crippen molar-refractivity contribution in [2.75, 3.05) is 13.1 Å². The predicted octanol–water partition coefficient (Wildman–Crippen LogP) is 2.17. The number of nitrogens with zero attached hydrogens (tertiary/aromatic N) is 3. The van der Waals surface area contributed by atoms with Crippen LogP contribution in [0.3, 0.4) is 0 Å². The molecule has 1 amide bonds. The highest BCUT2D eigenvalue weighted by atomic mass is 16.6. The average Bonchev–Trinajstić information content (AvgIpc) is 2.35. The largest absolute Gasteiger partial charge is 0.339 e. The minimum absolute atomic E-state index is 0.156. The van der Waals surface area contributed by atoms with Crippen molar-refractivity contribution >= 4 is 11.6 Å². The first kappa shape index (κ1) is 14.1. The molecule has 6 nitrogen and oxygen atoms in total. The highest BCUT2D eigenvalue weighted by Crippen LogP contribution is 2.16. The second-order valence-electron chi connectivity index (χ2n) is 3.97. The van der Waals surface area contributed by atoms with Crippen LogP contribution in [0, 0.1) is 17.0 Å². The van der Waals surface area contributed by atoms with Crippen molar-refractivity contribution in [3.8, 4) is 0 Å². The van der Waals surface area contributed by atoms with Gasteiger partial charge in [-0.15, -0.1) is 0 Å². The predicted molar refractivity (Wildman–Crippen MR) is 67.5 cm³/mol. The van der Waals surface area contributed by atoms with E-state index in [9.17, 15) is 14.9 Å². The quantitative estimate of drug-likeness (QED) is 0.593. The van der Waals surface area contributed by atoms with E-state index in [2.05, 4.69) is 4.98 Å². The van der Waals surface area contributed by atoms with E-state index in [4.69, 9.17) is 0 Å². The first-order valence-corrected chi connectivity index (χ1v) is 5.91. The van der Waals surface area contributed by atoms with Gasteiger partial charge in [0.2, 0.25) is 0 Å². The maximum atomic E-state index is 12.2. The van der Waals surface area contributed by atoms with E-state index < -0.39 is 4.92 Å². The standard InChI is InChI=1S/C12H17N3O3/c1-4-6-14(5-2)12(16)11-7-10(15(17)18)8-13-9(11)3/h7-8H,4-6H2,1-3H3. The average molecular weight is 251 g/mol. The highest BCUT2D eigenvalue weighted by molar-refractivity contribution is 5.95. The Balaban J connectivity index is 3.10. The third-order valence-corrected chi connectivity index (χ3v) is 2.68. The third-order valence-electron chi connectivity index (χ3n) is 2.68. The fourth-order valence-corrected chi connectivity index (χ4v) is 1.68. The van der Waals surface area contributed by atoms with Gasteiger partial charge in [-0.25, -0.2) is 0 Å². The fraction of sp³-hybridized carbons (Fsp3) is 0.500. The molecule has 0 aliphatic heterocycles. The first-order chi connectivity index (χ1) is 8.51. The molecular weight excluding hydrogens is 234 g/mol. The molecule has 0 unspecified atom stereocenters. The zero-order valence-corrected chi connectivity index (χ0v) is 10.8. The minimum Gasteiger partial charge on any atom is -0.339 e. The summed E-state index contributed by atoms with van der Waals surface area (Å²) in [6.07, 6.45) is 2.02. The summed E-state index contributed by atoms with van der Waals surface area (Å²) in [5.41, 5.74) is 0.663. The van der Waals surface area contributed by atoms with Crippen molar-refractivity contribution in [2.45, 2.75) is 27.2 Å². The van der Waals surface area contributed by atoms with Gasteiger partial charge in [0.1, 0.15) is 6.20 Å². The lowest BCUT2D eigenvalue weighted by Crippen LogP contribution is -2.32. The SMILES string of the molecule is CCCN(CC)C(=O)c1cc([N+](=O)[O-])cnc1C. The van der Waals surface area contributed by atoms with Crippen molar-refractivity contribution in [1.82, 2.24) is 9.88 Å². The van der Waals surface area contributed by atoms with E-state index in [1.165, 1.54) is 12.3 Å². The van der Waals surface area contributed by atoms with E-state index in [0.717, 1.165) is 6.42 Å². The summed E-state index contributed by atoms with van der Waals surface area (Å²) < 4.78 is 0. The van der Waals surface area contributed by atoms with Crippen LogP contribution in [0.1, 0.15) is 36.3 Å². The first-order valence-electron chi connectivity index (χ1n) is 5.91. The molecule has 0 aromatic carbocycles. The van der Waals surface area contributed by atoms with Gasteiger partial charge >= 0.3 is 0 Å². The zero-order chi connectivity index (χ0) is 13.7. The van der Waals surface area contributed by atoms with Crippen molar-refractivity contribution in [2.24, 2.45) is 0 Å². The third kappa shape index (κ3) is 3.03. The Morgan fingerprint density at radius 1 is 1.50 bits per heavy atom. The van der Waals surface area contributed by atoms with E-state index in [0.29, 0.717) is 24.3 Å². The molecule has 0 saturated carbocycles. The van der Waals surface area contributed by atoms with E-state index >= 15 is 0 Å². The van der Waals surface area contributed by atoms with Gasteiger partial charge in [0.15, 0.2) is 0 Å². The Morgan fingerprint density at radius 3 is 2.67 bits per heavy atom. The van der Waals surface area contributed by atoms with Gasteiger partial charge in [0, 0.05) is 19.2 Å². The minimum atomic E-state index is -0.542. The molecule has 0 fully saturated rings. The van der Waals surface area contributed by atoms with Crippen LogP contribution < -0.4 is 0 Å². The monoisotopic (exact) mass is 251 g/mol. The van der Waals surface area contributed by atoms with Crippen LogP contribution in [0.25, 0.3) is 0 Å². The number of carbonyl (C=O) groups is 1. The maximum absolute atomic E-state index is 12.2. The second kappa shape index (κ2) is 6.09. The van der Waals surface area contributed by atoms with Gasteiger partial charge in [0.25, 0.3) is 11.6 Å². The van der Waals surface area contributed by atoms with Gasteiger partial charge in [-0.05, 0) is 20.3 Å². The summed E-state index contributed by atoms with van der Waals surface area (Å²) in [6, 6.07) is 1.29. The number of aromatic nitrogens is 1. The van der Waals surface area contributed by atoms with Gasteiger partial charge < -0.3 is 4.90 Å². The van der Waals surface area contributed by atoms with E-state index in [1.807, 2.05) is 13.8 Å². The normalized spacial score (nSPS) is 10.2. The molecule has 0 atom stereocenters. The molecule has 1 aromatic heterocycles. The summed E-state index contributed by atoms with van der Waals surface area (Å²) in [5, 5.41) is 10.7. The van der Waals surface area contributed by atoms with Crippen LogP contribution in [-0.4, -0.2) is 33.8 Å². The van der Waals surface area contributed by atoms with Crippen LogP contribution in [0.4, 0.5) is 5.69 Å². The van der Waals surface area contributed by atoms with Gasteiger partial charge in [-0.2, -0.15) is 0 Å². The van der Waals surface area contributed by atoms with Gasteiger partial charge in [-0.1, -0.05) is 6.92 Å². The lowest BCUT2D eigenvalue weighted by atomic mass is 10.1. The summed E-state index contributed by atoms with van der Waals surface area (Å²) >= 11 is 0. The molecule has 0 radical (unpaired) electrons. The molecular formula is C12H17N3O3. The molecule has 6 heteroatoms. The molecule has 98 valence electrons. The molecule has 0 bridgehead atoms. The van der Waals surface area contributed by atoms with Crippen molar-refractivity contribution in [3.63, 3.8) is 0 Å². The second-order valence-corrected chi connectivity index (χ2v) is 3.97. The molecule has 0 spiro atoms. The number of carbonyl (C=O) groups excluding carboxylic acids is 1. The van der Waals surface area contributed by atoms with Gasteiger partial charge in [0.05, 0.1) is 16.2 Å². The summed E-state index contributed by atoms with van der Waals surface area (Å²) in [6.45, 7) is 6.76. The summed E-state index contributed by atoms with van der Waals surface area (Å²) in [7, 11) is 0. The summed E-state index contributed by atoms with van der Waals surface area (Å²) in [4.78, 5) is 27.9. The van der Waals surface area contributed by atoms with Gasteiger partial charge in [-0.3, -0.25) is 19.9 Å². The smallest absolute Gasteiger partial charge is 0.288 e. The van der Waals surface area contributed by atoms with Crippen LogP contribution in [0.5, 0.6) is 0 Å². The van der Waals surface area contributed by atoms with E-state index in [-0.39, 0.29) is 11.6 Å². The lowest BCUT2D eigenvalue weighted by molar-refractivity contribution is -0.385. The number of hydrogen-bond donors (Lipinski definition) is 0. The molecule has 18 heavy (non-hydrogen) atoms. The van der Waals surface area contributed by atoms with E-state index in [1.54, 1.807) is 11.8 Å². The Bertz CT molecular complexity index is 460. The molecule has 1 rings (SSSR count). The fourth-order valence-electron chi connectivity index (χ4n) is 1.68. The Morgan fingerprint density at radius 2 is 2.17 bits per heavy atom. The van der Waals surface area contributed by atoms with Crippen molar-refractivity contribution in [1.29, 1.82) is 0 Å². The number of hydrogen-bond acceptors (Lipinski definition) is 4. The molecule has 0 aliphatic carbocycles. The summed E-state index contributed by atoms with van der Waals surface area (Å²) in [5.74, 6) is -0.201. The molecule has 0 N–H and O–H groups in total. The lowest BCUT2D eigenvalue weighted by Gasteiger charge is -2.20. The Hall–Kier alpha value is -1.98. The van der Waals surface area contributed by atoms with Crippen LogP contribution in [0.15, 0.2) is 12.3 Å².